The van der Waals surface area contributed by atoms with E-state index in [-0.39, 0.29) is 24.3 Å². The number of halogens is 2. The fraction of sp³-hybridized carbons (Fsp3) is 0.265. The van der Waals surface area contributed by atoms with Gasteiger partial charge in [-0.3, -0.25) is 9.36 Å². The van der Waals surface area contributed by atoms with Gasteiger partial charge < -0.3 is 23.7 Å². The summed E-state index contributed by atoms with van der Waals surface area (Å²) in [6.07, 6.45) is 1.77. The summed E-state index contributed by atoms with van der Waals surface area (Å²) < 4.78 is 30.2. The van der Waals surface area contributed by atoms with Gasteiger partial charge in [0.15, 0.2) is 27.8 Å². The highest BCUT2D eigenvalue weighted by atomic mass is 35.5. The molecule has 1 aromatic heterocycles. The Morgan fingerprint density at radius 3 is 2.39 bits per heavy atom. The molecule has 0 radical (unpaired) electrons. The van der Waals surface area contributed by atoms with Gasteiger partial charge in [-0.15, -0.1) is 0 Å². The number of allylic oxidation sites excluding steroid dienone is 1. The molecule has 0 spiro atoms. The Kier molecular flexibility index (Phi) is 10.4. The van der Waals surface area contributed by atoms with Gasteiger partial charge in [-0.25, -0.2) is 9.79 Å². The molecule has 1 aliphatic heterocycles. The van der Waals surface area contributed by atoms with Gasteiger partial charge in [0.1, 0.15) is 6.61 Å². The second-order valence-corrected chi connectivity index (χ2v) is 11.9. The number of fused-ring (bicyclic) bond motifs is 1. The minimum atomic E-state index is -0.799. The molecule has 9 nitrogen and oxygen atoms in total. The third kappa shape index (κ3) is 6.79. The predicted molar refractivity (Wildman–Crippen MR) is 178 cm³/mol. The summed E-state index contributed by atoms with van der Waals surface area (Å²) in [5.41, 5.74) is 2.56. The first-order valence-corrected chi connectivity index (χ1v) is 16.0. The van der Waals surface area contributed by atoms with Crippen molar-refractivity contribution < 1.29 is 28.5 Å². The number of esters is 1. The van der Waals surface area contributed by atoms with Crippen molar-refractivity contribution in [1.82, 2.24) is 4.57 Å². The Morgan fingerprint density at radius 1 is 0.935 bits per heavy atom. The number of carbonyl (C=O) groups is 1. The largest absolute Gasteiger partial charge is 0.493 e. The maximum atomic E-state index is 14.1. The molecule has 2 heterocycles. The zero-order chi connectivity index (χ0) is 33.0. The summed E-state index contributed by atoms with van der Waals surface area (Å²) in [6.45, 7) is 6.14. The summed E-state index contributed by atoms with van der Waals surface area (Å²) in [7, 11) is 3.07. The second kappa shape index (κ2) is 14.5. The van der Waals surface area contributed by atoms with Crippen molar-refractivity contribution in [2.24, 2.45) is 4.99 Å². The predicted octanol–water partition coefficient (Wildman–Crippen LogP) is 6.10. The smallest absolute Gasteiger partial charge is 0.338 e. The van der Waals surface area contributed by atoms with Gasteiger partial charge in [-0.2, -0.15) is 0 Å². The van der Waals surface area contributed by atoms with Crippen LogP contribution in [0.15, 0.2) is 75.7 Å². The van der Waals surface area contributed by atoms with Crippen LogP contribution in [0.5, 0.6) is 23.0 Å². The lowest BCUT2D eigenvalue weighted by Crippen LogP contribution is -2.39. The summed E-state index contributed by atoms with van der Waals surface area (Å²) in [6, 6.07) is 15.1. The molecule has 5 rings (SSSR count). The molecular formula is C34H32Cl2N2O7S. The number of thiazole rings is 1. The highest BCUT2D eigenvalue weighted by molar-refractivity contribution is 7.07. The maximum absolute atomic E-state index is 14.1. The quantitative estimate of drug-likeness (QED) is 0.176. The van der Waals surface area contributed by atoms with Crippen molar-refractivity contribution in [3.05, 3.63) is 112 Å². The van der Waals surface area contributed by atoms with E-state index in [1.807, 2.05) is 25.1 Å². The number of hydrogen-bond acceptors (Lipinski definition) is 9. The van der Waals surface area contributed by atoms with Crippen LogP contribution in [0.4, 0.5) is 0 Å². The number of nitrogens with zero attached hydrogens (tertiary/aromatic N) is 2. The van der Waals surface area contributed by atoms with E-state index in [1.54, 1.807) is 63.4 Å². The van der Waals surface area contributed by atoms with E-state index in [1.165, 1.54) is 23.0 Å². The molecule has 1 atom stereocenters. The third-order valence-corrected chi connectivity index (χ3v) is 8.77. The molecule has 0 amide bonds. The molecule has 0 fully saturated rings. The van der Waals surface area contributed by atoms with Crippen molar-refractivity contribution in [1.29, 1.82) is 0 Å². The number of rotatable bonds is 11. The van der Waals surface area contributed by atoms with Gasteiger partial charge in [0.05, 0.1) is 49.3 Å². The van der Waals surface area contributed by atoms with Gasteiger partial charge in [0, 0.05) is 15.6 Å². The van der Waals surface area contributed by atoms with Crippen LogP contribution >= 0.6 is 34.5 Å². The number of methoxy groups -OCH3 is 2. The van der Waals surface area contributed by atoms with Gasteiger partial charge >= 0.3 is 5.97 Å². The van der Waals surface area contributed by atoms with Crippen molar-refractivity contribution in [2.45, 2.75) is 33.4 Å². The van der Waals surface area contributed by atoms with Crippen molar-refractivity contribution in [2.75, 3.05) is 27.4 Å². The van der Waals surface area contributed by atoms with E-state index in [4.69, 9.17) is 46.9 Å². The molecule has 46 heavy (non-hydrogen) atoms. The first-order valence-electron chi connectivity index (χ1n) is 14.4. The minimum Gasteiger partial charge on any atom is -0.493 e. The van der Waals surface area contributed by atoms with Gasteiger partial charge in [0.25, 0.3) is 5.56 Å². The highest BCUT2D eigenvalue weighted by Gasteiger charge is 2.34. The van der Waals surface area contributed by atoms with Crippen LogP contribution in [0, 0.1) is 0 Å². The summed E-state index contributed by atoms with van der Waals surface area (Å²) in [5, 5.41) is 1.05. The molecule has 0 bridgehead atoms. The third-order valence-electron chi connectivity index (χ3n) is 7.20. The van der Waals surface area contributed by atoms with Crippen LogP contribution in [-0.2, 0) is 16.1 Å². The Labute approximate surface area is 279 Å². The first kappa shape index (κ1) is 33.1. The summed E-state index contributed by atoms with van der Waals surface area (Å²) in [4.78, 5) is 32.4. The molecule has 12 heteroatoms. The van der Waals surface area contributed by atoms with E-state index < -0.39 is 12.0 Å². The molecule has 0 N–H and O–H groups in total. The standard InChI is InChI=1S/C34H32Cl2N2O7S/c1-6-43-28-14-20(8-12-26(28)45-18-22-9-11-23(35)17-24(22)36)15-29-32(39)38-31(21-10-13-25(41-4)27(16-21)42-5)30(33(40)44-7-2)19(3)37-34(38)46-29/h8-17,31H,6-7,18H2,1-5H3/b29-15-/t31-/m0/s1. The fourth-order valence-electron chi connectivity index (χ4n) is 5.08. The second-order valence-electron chi connectivity index (χ2n) is 10.1. The van der Waals surface area contributed by atoms with E-state index in [9.17, 15) is 9.59 Å². The van der Waals surface area contributed by atoms with E-state index in [0.29, 0.717) is 60.2 Å². The van der Waals surface area contributed by atoms with Gasteiger partial charge in [0.2, 0.25) is 0 Å². The molecule has 0 saturated heterocycles. The average Bonchev–Trinajstić information content (AvgIpc) is 3.34. The average molecular weight is 684 g/mol. The molecule has 0 saturated carbocycles. The zero-order valence-corrected chi connectivity index (χ0v) is 28.2. The molecule has 3 aromatic carbocycles. The molecule has 1 aliphatic rings. The molecular weight excluding hydrogens is 651 g/mol. The SMILES string of the molecule is CCOC(=O)C1=C(C)N=c2s/c(=C\c3ccc(OCc4ccc(Cl)cc4Cl)c(OCC)c3)c(=O)n2[C@H]1c1ccc(OC)c(OC)c1. The molecule has 0 aliphatic carbocycles. The number of benzene rings is 3. The van der Waals surface area contributed by atoms with Crippen molar-refractivity contribution in [3.8, 4) is 23.0 Å². The van der Waals surface area contributed by atoms with Crippen molar-refractivity contribution in [3.63, 3.8) is 0 Å². The van der Waals surface area contributed by atoms with Crippen LogP contribution < -0.4 is 33.8 Å². The van der Waals surface area contributed by atoms with E-state index >= 15 is 0 Å². The molecule has 0 unspecified atom stereocenters. The highest BCUT2D eigenvalue weighted by Crippen LogP contribution is 2.36. The normalized spacial score (nSPS) is 14.4. The van der Waals surface area contributed by atoms with Crippen LogP contribution in [0.1, 0.15) is 43.5 Å². The lowest BCUT2D eigenvalue weighted by atomic mass is 9.95. The lowest BCUT2D eigenvalue weighted by molar-refractivity contribution is -0.139. The molecule has 240 valence electrons. The van der Waals surface area contributed by atoms with Crippen LogP contribution in [0.3, 0.4) is 0 Å². The minimum absolute atomic E-state index is 0.174. The fourth-order valence-corrected chi connectivity index (χ4v) is 6.59. The maximum Gasteiger partial charge on any atom is 0.338 e. The lowest BCUT2D eigenvalue weighted by Gasteiger charge is -2.25. The van der Waals surface area contributed by atoms with Gasteiger partial charge in [-0.1, -0.05) is 52.7 Å². The number of ether oxygens (including phenoxy) is 5. The number of carbonyl (C=O) groups excluding carboxylic acids is 1. The summed E-state index contributed by atoms with van der Waals surface area (Å²) >= 11 is 13.6. The Bertz CT molecular complexity index is 2000. The number of hydrogen-bond donors (Lipinski definition) is 0. The van der Waals surface area contributed by atoms with Crippen LogP contribution in [0.2, 0.25) is 10.0 Å². The number of aromatic nitrogens is 1. The molecule has 4 aromatic rings. The Hall–Kier alpha value is -4.25. The van der Waals surface area contributed by atoms with Crippen molar-refractivity contribution >= 4 is 46.6 Å². The Morgan fingerprint density at radius 2 is 1.70 bits per heavy atom. The van der Waals surface area contributed by atoms with E-state index in [2.05, 4.69) is 4.99 Å². The van der Waals surface area contributed by atoms with Crippen LogP contribution in [0.25, 0.3) is 6.08 Å². The van der Waals surface area contributed by atoms with Crippen LogP contribution in [-0.4, -0.2) is 38.0 Å². The topological polar surface area (TPSA) is 97.6 Å². The monoisotopic (exact) mass is 682 g/mol. The van der Waals surface area contributed by atoms with E-state index in [0.717, 1.165) is 11.1 Å². The Balaban J connectivity index is 1.57. The first-order chi connectivity index (χ1) is 22.2. The van der Waals surface area contributed by atoms with Gasteiger partial charge in [-0.05, 0) is 74.4 Å². The zero-order valence-electron chi connectivity index (χ0n) is 25.9. The summed E-state index contributed by atoms with van der Waals surface area (Å²) in [5.74, 6) is 1.47.